The molecule has 0 N–H and O–H groups in total. The predicted octanol–water partition coefficient (Wildman–Crippen LogP) is 2.41. The zero-order valence-electron chi connectivity index (χ0n) is 10.7. The van der Waals surface area contributed by atoms with E-state index in [0.29, 0.717) is 18.2 Å². The highest BCUT2D eigenvalue weighted by Crippen LogP contribution is 2.37. The number of hydrogen-bond acceptors (Lipinski definition) is 5. The normalized spacial score (nSPS) is 12.1. The molecule has 2 aromatic heterocycles. The van der Waals surface area contributed by atoms with Gasteiger partial charge in [-0.1, -0.05) is 48.7 Å². The van der Waals surface area contributed by atoms with Gasteiger partial charge in [0.25, 0.3) is 0 Å². The number of aromatic nitrogens is 6. The van der Waals surface area contributed by atoms with Gasteiger partial charge in [0.2, 0.25) is 3.79 Å². The molecule has 0 aliphatic rings. The second kappa shape index (κ2) is 5.67. The van der Waals surface area contributed by atoms with E-state index in [-0.39, 0.29) is 5.82 Å². The number of carbonyl (C=O) groups excluding carboxylic acids is 1. The maximum absolute atomic E-state index is 12.2. The minimum atomic E-state index is -1.86. The van der Waals surface area contributed by atoms with Crippen molar-refractivity contribution in [3.05, 3.63) is 24.3 Å². The fraction of sp³-hybridized carbons (Fsp3) is 0.500. The van der Waals surface area contributed by atoms with Crippen molar-refractivity contribution in [2.24, 2.45) is 5.92 Å². The lowest BCUT2D eigenvalue weighted by Crippen LogP contribution is -2.26. The van der Waals surface area contributed by atoms with Crippen LogP contribution < -0.4 is 0 Å². The van der Waals surface area contributed by atoms with E-state index in [9.17, 15) is 4.79 Å². The minimum absolute atomic E-state index is 0.0707. The fourth-order valence-corrected chi connectivity index (χ4v) is 1.89. The largest absolute Gasteiger partial charge is 0.372 e. The Morgan fingerprint density at radius 2 is 2.10 bits per heavy atom. The molecule has 0 bridgehead atoms. The molecular formula is C10H11Cl3N6O. The van der Waals surface area contributed by atoms with Crippen LogP contribution in [-0.2, 0) is 10.2 Å². The van der Waals surface area contributed by atoms with E-state index in [2.05, 4.69) is 20.2 Å². The molecule has 0 unspecified atom stereocenters. The Bertz CT molecular complexity index is 601. The molecule has 0 aliphatic carbocycles. The van der Waals surface area contributed by atoms with E-state index in [1.54, 1.807) is 0 Å². The Morgan fingerprint density at radius 1 is 1.40 bits per heavy atom. The molecule has 2 heterocycles. The van der Waals surface area contributed by atoms with Crippen LogP contribution in [0, 0.1) is 5.92 Å². The number of carbonyl (C=O) groups is 1. The fourth-order valence-electron chi connectivity index (χ4n) is 1.53. The average Bonchev–Trinajstić information content (AvgIpc) is 2.93. The highest BCUT2D eigenvalue weighted by atomic mass is 35.6. The Balaban J connectivity index is 2.45. The molecule has 2 aromatic rings. The second-order valence-corrected chi connectivity index (χ2v) is 6.76. The van der Waals surface area contributed by atoms with Gasteiger partial charge in [0, 0.05) is 6.42 Å². The molecule has 2 rings (SSSR count). The monoisotopic (exact) mass is 336 g/mol. The first-order valence-electron chi connectivity index (χ1n) is 5.71. The van der Waals surface area contributed by atoms with Crippen LogP contribution >= 0.6 is 34.8 Å². The maximum atomic E-state index is 12.2. The molecule has 0 saturated carbocycles. The average molecular weight is 338 g/mol. The summed E-state index contributed by atoms with van der Waals surface area (Å²) in [5, 5.41) is 7.81. The van der Waals surface area contributed by atoms with E-state index in [4.69, 9.17) is 34.8 Å². The van der Waals surface area contributed by atoms with Gasteiger partial charge in [-0.05, 0) is 5.92 Å². The highest BCUT2D eigenvalue weighted by Gasteiger charge is 2.33. The van der Waals surface area contributed by atoms with E-state index in [1.165, 1.54) is 12.7 Å². The molecule has 0 amide bonds. The minimum Gasteiger partial charge on any atom is -0.243 e. The van der Waals surface area contributed by atoms with Crippen molar-refractivity contribution in [2.45, 2.75) is 24.1 Å². The Kier molecular flexibility index (Phi) is 4.31. The third-order valence-corrected chi connectivity index (χ3v) is 2.80. The molecule has 0 saturated heterocycles. The van der Waals surface area contributed by atoms with Gasteiger partial charge in [-0.15, -0.1) is 5.10 Å². The molecule has 20 heavy (non-hydrogen) atoms. The summed E-state index contributed by atoms with van der Waals surface area (Å²) in [6.07, 6.45) is 3.01. The highest BCUT2D eigenvalue weighted by molar-refractivity contribution is 6.66. The molecular weight excluding hydrogens is 327 g/mol. The van der Waals surface area contributed by atoms with Gasteiger partial charge < -0.3 is 0 Å². The summed E-state index contributed by atoms with van der Waals surface area (Å²) in [6, 6.07) is -0.619. The number of hydrogen-bond donors (Lipinski definition) is 0. The van der Waals surface area contributed by atoms with Gasteiger partial charge in [-0.2, -0.15) is 14.5 Å². The molecule has 0 aliphatic heterocycles. The molecule has 10 heteroatoms. The van der Waals surface area contributed by atoms with Crippen molar-refractivity contribution in [3.63, 3.8) is 0 Å². The summed E-state index contributed by atoms with van der Waals surface area (Å²) in [5.41, 5.74) is 0. The Morgan fingerprint density at radius 3 is 2.60 bits per heavy atom. The summed E-state index contributed by atoms with van der Waals surface area (Å²) in [6.45, 7) is 3.99. The van der Waals surface area contributed by atoms with Gasteiger partial charge >= 0.3 is 6.03 Å². The van der Waals surface area contributed by atoms with Gasteiger partial charge in [0.15, 0.2) is 11.6 Å². The molecule has 0 atom stereocenters. The van der Waals surface area contributed by atoms with Crippen molar-refractivity contribution in [1.29, 1.82) is 0 Å². The first-order valence-corrected chi connectivity index (χ1v) is 6.85. The van der Waals surface area contributed by atoms with Crippen molar-refractivity contribution < 1.29 is 4.79 Å². The number of nitrogens with zero attached hydrogens (tertiary/aromatic N) is 6. The van der Waals surface area contributed by atoms with E-state index in [0.717, 1.165) is 9.36 Å². The van der Waals surface area contributed by atoms with Crippen LogP contribution in [0.15, 0.2) is 12.7 Å². The topological polar surface area (TPSA) is 78.5 Å². The first kappa shape index (κ1) is 15.2. The smallest absolute Gasteiger partial charge is 0.243 e. The van der Waals surface area contributed by atoms with Crippen LogP contribution in [0.2, 0.25) is 0 Å². The predicted molar refractivity (Wildman–Crippen MR) is 74.0 cm³/mol. The van der Waals surface area contributed by atoms with Crippen molar-refractivity contribution in [2.75, 3.05) is 0 Å². The van der Waals surface area contributed by atoms with Crippen LogP contribution in [0.3, 0.4) is 0 Å². The van der Waals surface area contributed by atoms with Crippen LogP contribution in [0.25, 0.3) is 0 Å². The van der Waals surface area contributed by atoms with Crippen LogP contribution in [0.5, 0.6) is 0 Å². The van der Waals surface area contributed by atoms with Crippen LogP contribution in [0.4, 0.5) is 4.79 Å². The van der Waals surface area contributed by atoms with Gasteiger partial charge in [-0.25, -0.2) is 14.8 Å². The van der Waals surface area contributed by atoms with E-state index >= 15 is 0 Å². The lowest BCUT2D eigenvalue weighted by Gasteiger charge is -2.10. The van der Waals surface area contributed by atoms with Crippen LogP contribution in [-0.4, -0.2) is 35.6 Å². The summed E-state index contributed by atoms with van der Waals surface area (Å²) >= 11 is 17.5. The van der Waals surface area contributed by atoms with Crippen molar-refractivity contribution in [3.8, 4) is 0 Å². The number of halogens is 3. The summed E-state index contributed by atoms with van der Waals surface area (Å²) < 4.78 is 0.0472. The number of alkyl halides is 3. The van der Waals surface area contributed by atoms with Crippen LogP contribution in [0.1, 0.15) is 25.5 Å². The SMILES string of the molecule is CC(C)Cc1nc(C(Cl)(Cl)Cl)n(C(=O)n2cncn2)n1. The molecule has 0 fully saturated rings. The molecule has 108 valence electrons. The van der Waals surface area contributed by atoms with E-state index < -0.39 is 9.82 Å². The summed E-state index contributed by atoms with van der Waals surface area (Å²) in [7, 11) is 0. The van der Waals surface area contributed by atoms with Crippen molar-refractivity contribution in [1.82, 2.24) is 29.5 Å². The molecule has 0 aromatic carbocycles. The van der Waals surface area contributed by atoms with Gasteiger partial charge in [0.1, 0.15) is 12.7 Å². The maximum Gasteiger partial charge on any atom is 0.372 e. The quantitative estimate of drug-likeness (QED) is 0.786. The molecule has 0 radical (unpaired) electrons. The summed E-state index contributed by atoms with van der Waals surface area (Å²) in [5.74, 6) is 0.656. The van der Waals surface area contributed by atoms with Gasteiger partial charge in [-0.3, -0.25) is 0 Å². The summed E-state index contributed by atoms with van der Waals surface area (Å²) in [4.78, 5) is 20.0. The number of rotatable bonds is 2. The van der Waals surface area contributed by atoms with E-state index in [1.807, 2.05) is 13.8 Å². The zero-order chi connectivity index (χ0) is 14.9. The molecule has 0 spiro atoms. The lowest BCUT2D eigenvalue weighted by molar-refractivity contribution is 0.237. The third kappa shape index (κ3) is 3.28. The Hall–Kier alpha value is -1.18. The molecule has 7 nitrogen and oxygen atoms in total. The zero-order valence-corrected chi connectivity index (χ0v) is 12.9. The van der Waals surface area contributed by atoms with Gasteiger partial charge in [0.05, 0.1) is 0 Å². The Labute approximate surface area is 129 Å². The lowest BCUT2D eigenvalue weighted by atomic mass is 10.1. The third-order valence-electron chi connectivity index (χ3n) is 2.29. The second-order valence-electron chi connectivity index (χ2n) is 4.48. The standard InChI is InChI=1S/C10H11Cl3N6O/c1-6(2)3-7-16-8(10(11,12)13)19(17-7)9(20)18-5-14-4-15-18/h4-6H,3H2,1-2H3. The van der Waals surface area contributed by atoms with Crippen molar-refractivity contribution >= 4 is 40.8 Å². The first-order chi connectivity index (χ1) is 9.29.